The second-order valence-corrected chi connectivity index (χ2v) is 7.22. The number of rotatable bonds is 6. The SMILES string of the molecule is NCCn1cc(C(=O)NCC2CCC(c3nc4ccccc4[nH]3)CC2)nn1. The summed E-state index contributed by atoms with van der Waals surface area (Å²) in [6, 6.07) is 8.15. The van der Waals surface area contributed by atoms with E-state index in [4.69, 9.17) is 10.7 Å². The van der Waals surface area contributed by atoms with Crippen molar-refractivity contribution in [2.45, 2.75) is 38.1 Å². The van der Waals surface area contributed by atoms with E-state index in [2.05, 4.69) is 26.7 Å². The van der Waals surface area contributed by atoms with Crippen LogP contribution < -0.4 is 11.1 Å². The van der Waals surface area contributed by atoms with E-state index in [1.54, 1.807) is 10.9 Å². The second kappa shape index (κ2) is 7.87. The Kier molecular flexibility index (Phi) is 5.15. The Hall–Kier alpha value is -2.74. The van der Waals surface area contributed by atoms with E-state index >= 15 is 0 Å². The van der Waals surface area contributed by atoms with Crippen molar-refractivity contribution in [3.05, 3.63) is 42.0 Å². The number of nitrogens with two attached hydrogens (primary N) is 1. The monoisotopic (exact) mass is 367 g/mol. The number of carbonyl (C=O) groups excluding carboxylic acids is 1. The number of carbonyl (C=O) groups is 1. The fourth-order valence-electron chi connectivity index (χ4n) is 3.78. The van der Waals surface area contributed by atoms with E-state index in [0.717, 1.165) is 42.5 Å². The van der Waals surface area contributed by atoms with E-state index in [1.807, 2.05) is 18.2 Å². The highest BCUT2D eigenvalue weighted by molar-refractivity contribution is 5.91. The highest BCUT2D eigenvalue weighted by Crippen LogP contribution is 2.35. The molecule has 3 aromatic rings. The molecule has 0 atom stereocenters. The summed E-state index contributed by atoms with van der Waals surface area (Å²) in [4.78, 5) is 20.4. The minimum absolute atomic E-state index is 0.169. The largest absolute Gasteiger partial charge is 0.350 e. The maximum atomic E-state index is 12.2. The number of nitrogens with one attached hydrogen (secondary N) is 2. The lowest BCUT2D eigenvalue weighted by atomic mass is 9.81. The first-order chi connectivity index (χ1) is 13.2. The Balaban J connectivity index is 1.27. The van der Waals surface area contributed by atoms with Gasteiger partial charge in [0.05, 0.1) is 23.8 Å². The maximum absolute atomic E-state index is 12.2. The van der Waals surface area contributed by atoms with Gasteiger partial charge in [0.1, 0.15) is 5.82 Å². The molecule has 1 amide bonds. The summed E-state index contributed by atoms with van der Waals surface area (Å²) in [5, 5.41) is 10.8. The summed E-state index contributed by atoms with van der Waals surface area (Å²) < 4.78 is 1.59. The molecule has 2 heterocycles. The van der Waals surface area contributed by atoms with Crippen LogP contribution in [0.2, 0.25) is 0 Å². The topological polar surface area (TPSA) is 115 Å². The summed E-state index contributed by atoms with van der Waals surface area (Å²) in [6.45, 7) is 1.71. The van der Waals surface area contributed by atoms with Crippen molar-refractivity contribution >= 4 is 16.9 Å². The zero-order valence-electron chi connectivity index (χ0n) is 15.3. The summed E-state index contributed by atoms with van der Waals surface area (Å²) in [6.07, 6.45) is 5.99. The lowest BCUT2D eigenvalue weighted by molar-refractivity contribution is 0.0937. The molecule has 8 heteroatoms. The number of imidazole rings is 1. The number of amides is 1. The van der Waals surface area contributed by atoms with Crippen LogP contribution >= 0.6 is 0 Å². The van der Waals surface area contributed by atoms with Crippen molar-refractivity contribution in [2.75, 3.05) is 13.1 Å². The van der Waals surface area contributed by atoms with Crippen molar-refractivity contribution in [1.29, 1.82) is 0 Å². The van der Waals surface area contributed by atoms with Crippen LogP contribution in [0, 0.1) is 5.92 Å². The average Bonchev–Trinajstić information content (AvgIpc) is 3.34. The average molecular weight is 367 g/mol. The summed E-state index contributed by atoms with van der Waals surface area (Å²) in [7, 11) is 0. The quantitative estimate of drug-likeness (QED) is 0.615. The molecular formula is C19H25N7O. The van der Waals surface area contributed by atoms with Gasteiger partial charge in [0.25, 0.3) is 5.91 Å². The van der Waals surface area contributed by atoms with Crippen LogP contribution in [-0.4, -0.2) is 44.0 Å². The number of benzene rings is 1. The van der Waals surface area contributed by atoms with Crippen molar-refractivity contribution in [1.82, 2.24) is 30.3 Å². The molecule has 0 spiro atoms. The number of fused-ring (bicyclic) bond motifs is 1. The standard InChI is InChI=1S/C19H25N7O/c20-9-10-26-12-17(24-25-26)19(27)21-11-13-5-7-14(8-6-13)18-22-15-3-1-2-4-16(15)23-18/h1-4,12-14H,5-11,20H2,(H,21,27)(H,22,23). The van der Waals surface area contributed by atoms with Crippen LogP contribution in [-0.2, 0) is 6.54 Å². The molecule has 1 saturated carbocycles. The molecule has 1 aromatic carbocycles. The molecule has 0 bridgehead atoms. The zero-order chi connectivity index (χ0) is 18.6. The van der Waals surface area contributed by atoms with Gasteiger partial charge in [0, 0.05) is 19.0 Å². The maximum Gasteiger partial charge on any atom is 0.273 e. The Morgan fingerprint density at radius 1 is 1.26 bits per heavy atom. The van der Waals surface area contributed by atoms with E-state index in [-0.39, 0.29) is 5.91 Å². The van der Waals surface area contributed by atoms with Gasteiger partial charge in [-0.3, -0.25) is 9.48 Å². The van der Waals surface area contributed by atoms with Crippen molar-refractivity contribution < 1.29 is 4.79 Å². The van der Waals surface area contributed by atoms with Gasteiger partial charge in [-0.2, -0.15) is 0 Å². The number of hydrogen-bond donors (Lipinski definition) is 3. The molecule has 1 aliphatic carbocycles. The van der Waals surface area contributed by atoms with Crippen LogP contribution in [0.1, 0.15) is 47.9 Å². The van der Waals surface area contributed by atoms with Gasteiger partial charge in [-0.25, -0.2) is 4.98 Å². The van der Waals surface area contributed by atoms with Crippen LogP contribution in [0.5, 0.6) is 0 Å². The number of aromatic nitrogens is 5. The van der Waals surface area contributed by atoms with E-state index < -0.39 is 0 Å². The first kappa shape index (κ1) is 17.7. The normalized spacial score (nSPS) is 20.0. The molecule has 1 fully saturated rings. The Morgan fingerprint density at radius 3 is 2.85 bits per heavy atom. The molecule has 1 aliphatic rings. The number of aromatic amines is 1. The zero-order valence-corrected chi connectivity index (χ0v) is 15.3. The first-order valence-electron chi connectivity index (χ1n) is 9.56. The summed E-state index contributed by atoms with van der Waals surface area (Å²) in [5.41, 5.74) is 7.96. The van der Waals surface area contributed by atoms with Crippen molar-refractivity contribution in [3.8, 4) is 0 Å². The third-order valence-corrected chi connectivity index (χ3v) is 5.32. The number of nitrogens with zero attached hydrogens (tertiary/aromatic N) is 4. The van der Waals surface area contributed by atoms with Gasteiger partial charge in [-0.1, -0.05) is 17.3 Å². The highest BCUT2D eigenvalue weighted by Gasteiger charge is 2.25. The molecule has 0 aliphatic heterocycles. The van der Waals surface area contributed by atoms with Gasteiger partial charge in [-0.15, -0.1) is 5.10 Å². The molecule has 4 N–H and O–H groups in total. The highest BCUT2D eigenvalue weighted by atomic mass is 16.2. The predicted molar refractivity (Wildman–Crippen MR) is 102 cm³/mol. The van der Waals surface area contributed by atoms with E-state index in [9.17, 15) is 4.79 Å². The minimum atomic E-state index is -0.169. The summed E-state index contributed by atoms with van der Waals surface area (Å²) >= 11 is 0. The van der Waals surface area contributed by atoms with Crippen LogP contribution in [0.25, 0.3) is 11.0 Å². The molecule has 8 nitrogen and oxygen atoms in total. The Labute approximate surface area is 157 Å². The molecule has 0 unspecified atom stereocenters. The Morgan fingerprint density at radius 2 is 2.07 bits per heavy atom. The van der Waals surface area contributed by atoms with Gasteiger partial charge in [0.2, 0.25) is 0 Å². The second-order valence-electron chi connectivity index (χ2n) is 7.22. The van der Waals surface area contributed by atoms with Gasteiger partial charge < -0.3 is 16.0 Å². The van der Waals surface area contributed by atoms with Gasteiger partial charge in [-0.05, 0) is 43.7 Å². The third kappa shape index (κ3) is 4.00. The van der Waals surface area contributed by atoms with Crippen molar-refractivity contribution in [2.24, 2.45) is 11.7 Å². The fourth-order valence-corrected chi connectivity index (χ4v) is 3.78. The fraction of sp³-hybridized carbons (Fsp3) is 0.474. The van der Waals surface area contributed by atoms with Crippen LogP contribution in [0.4, 0.5) is 0 Å². The van der Waals surface area contributed by atoms with Gasteiger partial charge in [0.15, 0.2) is 5.69 Å². The Bertz CT molecular complexity index is 875. The van der Waals surface area contributed by atoms with Crippen LogP contribution in [0.3, 0.4) is 0 Å². The van der Waals surface area contributed by atoms with E-state index in [0.29, 0.717) is 37.2 Å². The van der Waals surface area contributed by atoms with E-state index in [1.165, 1.54) is 0 Å². The molecule has 142 valence electrons. The third-order valence-electron chi connectivity index (χ3n) is 5.32. The van der Waals surface area contributed by atoms with Gasteiger partial charge >= 0.3 is 0 Å². The molecule has 0 radical (unpaired) electrons. The molecule has 4 rings (SSSR count). The molecular weight excluding hydrogens is 342 g/mol. The van der Waals surface area contributed by atoms with Crippen molar-refractivity contribution in [3.63, 3.8) is 0 Å². The number of para-hydroxylation sites is 2. The lowest BCUT2D eigenvalue weighted by Crippen LogP contribution is -2.31. The molecule has 0 saturated heterocycles. The predicted octanol–water partition coefficient (Wildman–Crippen LogP) is 1.82. The summed E-state index contributed by atoms with van der Waals surface area (Å²) in [5.74, 6) is 1.89. The lowest BCUT2D eigenvalue weighted by Gasteiger charge is -2.27. The number of hydrogen-bond acceptors (Lipinski definition) is 5. The first-order valence-corrected chi connectivity index (χ1v) is 9.56. The minimum Gasteiger partial charge on any atom is -0.350 e. The molecule has 2 aromatic heterocycles. The van der Waals surface area contributed by atoms with Crippen LogP contribution in [0.15, 0.2) is 30.5 Å². The number of H-pyrrole nitrogens is 1. The molecule has 27 heavy (non-hydrogen) atoms. The smallest absolute Gasteiger partial charge is 0.273 e.